The van der Waals surface area contributed by atoms with Gasteiger partial charge in [-0.15, -0.1) is 0 Å². The van der Waals surface area contributed by atoms with Crippen LogP contribution in [0, 0.1) is 0 Å². The minimum Gasteiger partial charge on any atom is -0.454 e. The highest BCUT2D eigenvalue weighted by atomic mass is 16.5. The lowest BCUT2D eigenvalue weighted by Crippen LogP contribution is -2.44. The normalized spacial score (nSPS) is 18.4. The maximum atomic E-state index is 12.5. The van der Waals surface area contributed by atoms with Crippen LogP contribution in [0.4, 0.5) is 10.5 Å². The number of hydrogen-bond acceptors (Lipinski definition) is 6. The van der Waals surface area contributed by atoms with Crippen molar-refractivity contribution >= 4 is 35.3 Å². The maximum absolute atomic E-state index is 12.5. The topological polar surface area (TPSA) is 122 Å². The molecule has 1 saturated heterocycles. The van der Waals surface area contributed by atoms with E-state index in [2.05, 4.69) is 10.6 Å². The van der Waals surface area contributed by atoms with Crippen molar-refractivity contribution in [2.75, 3.05) is 18.5 Å². The highest BCUT2D eigenvalue weighted by Gasteiger charge is 2.47. The van der Waals surface area contributed by atoms with Gasteiger partial charge in [-0.2, -0.15) is 0 Å². The summed E-state index contributed by atoms with van der Waals surface area (Å²) in [7, 11) is 0. The van der Waals surface area contributed by atoms with Gasteiger partial charge < -0.3 is 15.4 Å². The number of anilines is 1. The molecule has 1 heterocycles. The van der Waals surface area contributed by atoms with Crippen molar-refractivity contribution in [2.45, 2.75) is 45.6 Å². The molecule has 9 heteroatoms. The second-order valence-corrected chi connectivity index (χ2v) is 7.07. The zero-order valence-electron chi connectivity index (χ0n) is 16.7. The number of hydrogen-bond donors (Lipinski definition) is 2. The molecular formula is C20H25N3O6. The van der Waals surface area contributed by atoms with Crippen molar-refractivity contribution in [1.82, 2.24) is 10.2 Å². The number of ether oxygens (including phenoxy) is 1. The van der Waals surface area contributed by atoms with Crippen molar-refractivity contribution < 1.29 is 28.7 Å². The molecule has 1 aromatic carbocycles. The lowest BCUT2D eigenvalue weighted by Gasteiger charge is -2.21. The number of Topliss-reactive ketones (excluding diaryl/α,β-unsaturated/α-hetero) is 1. The second-order valence-electron chi connectivity index (χ2n) is 7.07. The molecule has 29 heavy (non-hydrogen) atoms. The Kier molecular flexibility index (Phi) is 7.08. The number of rotatable bonds is 9. The standard InChI is InChI=1S/C20H25N3O6/c1-4-5-10-20(3)18(27)23(19(28)22-20)11-17(26)29-12-16(25)21-15-9-7-6-8-14(15)13(2)24/h6-9H,4-5,10-12H2,1-3H3,(H,21,25)(H,22,28)/t20-/m0/s1. The predicted octanol–water partition coefficient (Wildman–Crippen LogP) is 1.87. The molecule has 0 spiro atoms. The van der Waals surface area contributed by atoms with Gasteiger partial charge in [0.05, 0.1) is 5.69 Å². The average molecular weight is 403 g/mol. The minimum absolute atomic E-state index is 0.220. The molecule has 0 unspecified atom stereocenters. The van der Waals surface area contributed by atoms with Gasteiger partial charge in [-0.1, -0.05) is 31.9 Å². The Bertz CT molecular complexity index is 837. The first-order chi connectivity index (χ1) is 13.7. The number of nitrogens with zero attached hydrogens (tertiary/aromatic N) is 1. The van der Waals surface area contributed by atoms with E-state index in [1.54, 1.807) is 31.2 Å². The fraction of sp³-hybridized carbons (Fsp3) is 0.450. The molecule has 1 aromatic rings. The Morgan fingerprint density at radius 2 is 1.90 bits per heavy atom. The number of ketones is 1. The molecule has 1 aliphatic rings. The summed E-state index contributed by atoms with van der Waals surface area (Å²) >= 11 is 0. The first kappa shape index (κ1) is 22.1. The number of imide groups is 1. The summed E-state index contributed by atoms with van der Waals surface area (Å²) in [5, 5.41) is 5.10. The summed E-state index contributed by atoms with van der Waals surface area (Å²) in [6.45, 7) is 3.77. The van der Waals surface area contributed by atoms with E-state index in [0.29, 0.717) is 17.7 Å². The van der Waals surface area contributed by atoms with Crippen LogP contribution in [0.1, 0.15) is 50.4 Å². The highest BCUT2D eigenvalue weighted by molar-refractivity contribution is 6.08. The van der Waals surface area contributed by atoms with E-state index in [-0.39, 0.29) is 5.78 Å². The predicted molar refractivity (Wildman–Crippen MR) is 104 cm³/mol. The first-order valence-corrected chi connectivity index (χ1v) is 9.37. The van der Waals surface area contributed by atoms with Crippen LogP contribution in [0.3, 0.4) is 0 Å². The van der Waals surface area contributed by atoms with Crippen LogP contribution in [0.5, 0.6) is 0 Å². The summed E-state index contributed by atoms with van der Waals surface area (Å²) in [6, 6.07) is 5.78. The van der Waals surface area contributed by atoms with Crippen molar-refractivity contribution in [3.63, 3.8) is 0 Å². The van der Waals surface area contributed by atoms with Gasteiger partial charge in [0.1, 0.15) is 12.1 Å². The van der Waals surface area contributed by atoms with Gasteiger partial charge in [0.15, 0.2) is 12.4 Å². The van der Waals surface area contributed by atoms with Gasteiger partial charge >= 0.3 is 12.0 Å². The third-order valence-corrected chi connectivity index (χ3v) is 4.61. The van der Waals surface area contributed by atoms with E-state index < -0.39 is 42.5 Å². The molecule has 0 aliphatic carbocycles. The van der Waals surface area contributed by atoms with Crippen molar-refractivity contribution in [3.05, 3.63) is 29.8 Å². The summed E-state index contributed by atoms with van der Waals surface area (Å²) in [6.07, 6.45) is 2.09. The Morgan fingerprint density at radius 1 is 1.21 bits per heavy atom. The SMILES string of the molecule is CCCC[C@]1(C)NC(=O)N(CC(=O)OCC(=O)Nc2ccccc2C(C)=O)C1=O. The number of urea groups is 1. The molecule has 4 amide bonds. The maximum Gasteiger partial charge on any atom is 0.326 e. The molecule has 9 nitrogen and oxygen atoms in total. The van der Waals surface area contributed by atoms with Gasteiger partial charge in [-0.25, -0.2) is 4.79 Å². The molecule has 0 radical (unpaired) electrons. The number of esters is 1. The van der Waals surface area contributed by atoms with E-state index in [0.717, 1.165) is 17.7 Å². The second kappa shape index (κ2) is 9.31. The smallest absolute Gasteiger partial charge is 0.326 e. The summed E-state index contributed by atoms with van der Waals surface area (Å²) in [5.41, 5.74) is -0.402. The van der Waals surface area contributed by atoms with Crippen LogP contribution >= 0.6 is 0 Å². The molecule has 1 aliphatic heterocycles. The number of benzene rings is 1. The third kappa shape index (κ3) is 5.40. The molecule has 0 saturated carbocycles. The zero-order valence-corrected chi connectivity index (χ0v) is 16.7. The van der Waals surface area contributed by atoms with Gasteiger partial charge in [0.2, 0.25) is 0 Å². The quantitative estimate of drug-likeness (QED) is 0.369. The Balaban J connectivity index is 1.88. The van der Waals surface area contributed by atoms with E-state index in [1.165, 1.54) is 6.92 Å². The van der Waals surface area contributed by atoms with Crippen LogP contribution in [-0.2, 0) is 19.1 Å². The molecule has 2 N–H and O–H groups in total. The molecular weight excluding hydrogens is 378 g/mol. The number of unbranched alkanes of at least 4 members (excludes halogenated alkanes) is 1. The molecule has 1 fully saturated rings. The third-order valence-electron chi connectivity index (χ3n) is 4.61. The lowest BCUT2D eigenvalue weighted by atomic mass is 9.95. The minimum atomic E-state index is -1.04. The van der Waals surface area contributed by atoms with Crippen LogP contribution in [0.2, 0.25) is 0 Å². The largest absolute Gasteiger partial charge is 0.454 e. The van der Waals surface area contributed by atoms with E-state index in [4.69, 9.17) is 4.74 Å². The van der Waals surface area contributed by atoms with E-state index >= 15 is 0 Å². The Hall–Kier alpha value is -3.23. The number of amides is 4. The van der Waals surface area contributed by atoms with E-state index in [9.17, 15) is 24.0 Å². The number of nitrogens with one attached hydrogen (secondary N) is 2. The molecule has 1 atom stereocenters. The molecule has 0 aromatic heterocycles. The number of carbonyl (C=O) groups excluding carboxylic acids is 5. The summed E-state index contributed by atoms with van der Waals surface area (Å²) in [4.78, 5) is 60.9. The summed E-state index contributed by atoms with van der Waals surface area (Å²) < 4.78 is 4.87. The molecule has 2 rings (SSSR count). The van der Waals surface area contributed by atoms with Crippen LogP contribution < -0.4 is 10.6 Å². The van der Waals surface area contributed by atoms with Crippen LogP contribution in [-0.4, -0.2) is 53.2 Å². The zero-order chi connectivity index (χ0) is 21.6. The van der Waals surface area contributed by atoms with Gasteiger partial charge in [0.25, 0.3) is 11.8 Å². The Morgan fingerprint density at radius 3 is 2.55 bits per heavy atom. The lowest BCUT2D eigenvalue weighted by molar-refractivity contribution is -0.150. The highest BCUT2D eigenvalue weighted by Crippen LogP contribution is 2.23. The molecule has 0 bridgehead atoms. The summed E-state index contributed by atoms with van der Waals surface area (Å²) in [5.74, 6) is -2.24. The average Bonchev–Trinajstić information content (AvgIpc) is 2.88. The monoisotopic (exact) mass is 403 g/mol. The van der Waals surface area contributed by atoms with E-state index in [1.807, 2.05) is 6.92 Å². The van der Waals surface area contributed by atoms with Gasteiger partial charge in [-0.05, 0) is 32.4 Å². The van der Waals surface area contributed by atoms with Crippen LogP contribution in [0.25, 0.3) is 0 Å². The van der Waals surface area contributed by atoms with Crippen molar-refractivity contribution in [2.24, 2.45) is 0 Å². The van der Waals surface area contributed by atoms with Crippen molar-refractivity contribution in [3.8, 4) is 0 Å². The number of carbonyl (C=O) groups is 5. The van der Waals surface area contributed by atoms with Gasteiger partial charge in [-0.3, -0.25) is 24.1 Å². The number of para-hydroxylation sites is 1. The van der Waals surface area contributed by atoms with Crippen molar-refractivity contribution in [1.29, 1.82) is 0 Å². The van der Waals surface area contributed by atoms with Crippen LogP contribution in [0.15, 0.2) is 24.3 Å². The molecule has 156 valence electrons. The fourth-order valence-electron chi connectivity index (χ4n) is 3.00. The fourth-order valence-corrected chi connectivity index (χ4v) is 3.00. The van der Waals surface area contributed by atoms with Gasteiger partial charge in [0, 0.05) is 5.56 Å². The Labute approximate surface area is 168 Å². The first-order valence-electron chi connectivity index (χ1n) is 9.37.